The van der Waals surface area contributed by atoms with Crippen molar-refractivity contribution in [1.29, 1.82) is 0 Å². The molecule has 1 atom stereocenters. The smallest absolute Gasteiger partial charge is 0.136 e. The Labute approximate surface area is 126 Å². The average molecular weight is 286 g/mol. The maximum absolute atomic E-state index is 9.95. The first-order chi connectivity index (χ1) is 10.0. The first-order valence-corrected chi connectivity index (χ1v) is 7.15. The molecule has 0 aliphatic carbocycles. The van der Waals surface area contributed by atoms with Gasteiger partial charge in [-0.25, -0.2) is 0 Å². The molecule has 112 valence electrons. The zero-order chi connectivity index (χ0) is 15.4. The average Bonchev–Trinajstić information content (AvgIpc) is 2.47. The van der Waals surface area contributed by atoms with E-state index in [1.807, 2.05) is 30.3 Å². The standard InChI is InChI=1S/C18H22O3/c1-12(2)14-8-10-15(11-9-14)21-17-7-5-6-16(20-4)18(17)13(3)19/h5-13,19H,1-4H3. The summed E-state index contributed by atoms with van der Waals surface area (Å²) in [6.07, 6.45) is -0.661. The van der Waals surface area contributed by atoms with Crippen molar-refractivity contribution in [1.82, 2.24) is 0 Å². The molecule has 0 bridgehead atoms. The minimum Gasteiger partial charge on any atom is -0.496 e. The van der Waals surface area contributed by atoms with E-state index in [9.17, 15) is 5.11 Å². The van der Waals surface area contributed by atoms with Crippen LogP contribution in [-0.4, -0.2) is 12.2 Å². The molecule has 2 aromatic carbocycles. The lowest BCUT2D eigenvalue weighted by atomic mass is 10.0. The molecule has 0 saturated heterocycles. The highest BCUT2D eigenvalue weighted by atomic mass is 16.5. The first-order valence-electron chi connectivity index (χ1n) is 7.15. The highest BCUT2D eigenvalue weighted by Crippen LogP contribution is 2.36. The molecule has 0 saturated carbocycles. The summed E-state index contributed by atoms with van der Waals surface area (Å²) in [5, 5.41) is 9.95. The molecule has 0 heterocycles. The van der Waals surface area contributed by atoms with Crippen molar-refractivity contribution < 1.29 is 14.6 Å². The third-order valence-electron chi connectivity index (χ3n) is 3.44. The van der Waals surface area contributed by atoms with Gasteiger partial charge in [0.05, 0.1) is 18.8 Å². The summed E-state index contributed by atoms with van der Waals surface area (Å²) in [6.45, 7) is 6.01. The second kappa shape index (κ2) is 6.64. The predicted octanol–water partition coefficient (Wildman–Crippen LogP) is 4.66. The molecule has 3 heteroatoms. The van der Waals surface area contributed by atoms with E-state index in [0.717, 1.165) is 5.75 Å². The monoisotopic (exact) mass is 286 g/mol. The summed E-state index contributed by atoms with van der Waals surface area (Å²) in [5.41, 5.74) is 1.93. The van der Waals surface area contributed by atoms with Gasteiger partial charge in [-0.2, -0.15) is 0 Å². The maximum atomic E-state index is 9.95. The molecule has 0 aliphatic heterocycles. The van der Waals surface area contributed by atoms with Crippen molar-refractivity contribution in [3.63, 3.8) is 0 Å². The second-order valence-electron chi connectivity index (χ2n) is 5.37. The molecular weight excluding hydrogens is 264 g/mol. The number of methoxy groups -OCH3 is 1. The van der Waals surface area contributed by atoms with Gasteiger partial charge in [-0.05, 0) is 42.7 Å². The summed E-state index contributed by atoms with van der Waals surface area (Å²) in [5.74, 6) is 2.47. The molecule has 0 aromatic heterocycles. The van der Waals surface area contributed by atoms with Crippen LogP contribution in [0.5, 0.6) is 17.2 Å². The van der Waals surface area contributed by atoms with Crippen molar-refractivity contribution >= 4 is 0 Å². The van der Waals surface area contributed by atoms with E-state index in [-0.39, 0.29) is 0 Å². The number of benzene rings is 2. The van der Waals surface area contributed by atoms with Gasteiger partial charge in [-0.1, -0.05) is 32.0 Å². The molecule has 2 rings (SSSR count). The zero-order valence-corrected chi connectivity index (χ0v) is 13.0. The van der Waals surface area contributed by atoms with Crippen LogP contribution in [0.3, 0.4) is 0 Å². The molecule has 0 fully saturated rings. The van der Waals surface area contributed by atoms with Gasteiger partial charge in [-0.3, -0.25) is 0 Å². The van der Waals surface area contributed by atoms with Gasteiger partial charge >= 0.3 is 0 Å². The van der Waals surface area contributed by atoms with Crippen LogP contribution in [0.2, 0.25) is 0 Å². The number of hydrogen-bond donors (Lipinski definition) is 1. The minimum absolute atomic E-state index is 0.490. The van der Waals surface area contributed by atoms with E-state index in [1.165, 1.54) is 5.56 Å². The van der Waals surface area contributed by atoms with Crippen LogP contribution in [0.1, 0.15) is 43.9 Å². The topological polar surface area (TPSA) is 38.7 Å². The van der Waals surface area contributed by atoms with Crippen LogP contribution in [0.25, 0.3) is 0 Å². The second-order valence-corrected chi connectivity index (χ2v) is 5.37. The minimum atomic E-state index is -0.661. The fourth-order valence-electron chi connectivity index (χ4n) is 2.25. The van der Waals surface area contributed by atoms with Crippen molar-refractivity contribution in [2.75, 3.05) is 7.11 Å². The van der Waals surface area contributed by atoms with Gasteiger partial charge in [0.15, 0.2) is 0 Å². The van der Waals surface area contributed by atoms with Crippen LogP contribution < -0.4 is 9.47 Å². The third kappa shape index (κ3) is 3.56. The van der Waals surface area contributed by atoms with E-state index in [1.54, 1.807) is 14.0 Å². The Morgan fingerprint density at radius 1 is 0.905 bits per heavy atom. The van der Waals surface area contributed by atoms with Gasteiger partial charge in [0.2, 0.25) is 0 Å². The number of aliphatic hydroxyl groups is 1. The lowest BCUT2D eigenvalue weighted by molar-refractivity contribution is 0.190. The van der Waals surface area contributed by atoms with E-state index < -0.39 is 6.10 Å². The van der Waals surface area contributed by atoms with Crippen molar-refractivity contribution in [2.45, 2.75) is 32.8 Å². The Morgan fingerprint density at radius 2 is 1.52 bits per heavy atom. The molecule has 0 aliphatic rings. The van der Waals surface area contributed by atoms with E-state index in [4.69, 9.17) is 9.47 Å². The molecular formula is C18H22O3. The summed E-state index contributed by atoms with van der Waals surface area (Å²) in [6, 6.07) is 13.5. The fourth-order valence-corrected chi connectivity index (χ4v) is 2.25. The third-order valence-corrected chi connectivity index (χ3v) is 3.44. The molecule has 21 heavy (non-hydrogen) atoms. The Bertz CT molecular complexity index is 586. The SMILES string of the molecule is COc1cccc(Oc2ccc(C(C)C)cc2)c1C(C)O. The maximum Gasteiger partial charge on any atom is 0.136 e. The normalized spacial score (nSPS) is 12.3. The number of hydrogen-bond acceptors (Lipinski definition) is 3. The molecule has 1 unspecified atom stereocenters. The van der Waals surface area contributed by atoms with Crippen LogP contribution in [0, 0.1) is 0 Å². The molecule has 0 amide bonds. The van der Waals surface area contributed by atoms with E-state index in [2.05, 4.69) is 26.0 Å². The lowest BCUT2D eigenvalue weighted by Crippen LogP contribution is -2.00. The van der Waals surface area contributed by atoms with Crippen LogP contribution in [-0.2, 0) is 0 Å². The molecule has 2 aromatic rings. The number of ether oxygens (including phenoxy) is 2. The Kier molecular flexibility index (Phi) is 4.86. The summed E-state index contributed by atoms with van der Waals surface area (Å²) < 4.78 is 11.2. The van der Waals surface area contributed by atoms with E-state index in [0.29, 0.717) is 23.0 Å². The van der Waals surface area contributed by atoms with Gasteiger partial charge < -0.3 is 14.6 Å². The Morgan fingerprint density at radius 3 is 2.05 bits per heavy atom. The van der Waals surface area contributed by atoms with Gasteiger partial charge in [-0.15, -0.1) is 0 Å². The van der Waals surface area contributed by atoms with E-state index >= 15 is 0 Å². The lowest BCUT2D eigenvalue weighted by Gasteiger charge is -2.16. The van der Waals surface area contributed by atoms with Crippen LogP contribution in [0.15, 0.2) is 42.5 Å². The summed E-state index contributed by atoms with van der Waals surface area (Å²) in [7, 11) is 1.59. The number of rotatable bonds is 5. The molecule has 3 nitrogen and oxygen atoms in total. The van der Waals surface area contributed by atoms with Gasteiger partial charge in [0.25, 0.3) is 0 Å². The summed E-state index contributed by atoms with van der Waals surface area (Å²) in [4.78, 5) is 0. The number of aliphatic hydroxyl groups excluding tert-OH is 1. The van der Waals surface area contributed by atoms with Crippen LogP contribution in [0.4, 0.5) is 0 Å². The quantitative estimate of drug-likeness (QED) is 0.868. The van der Waals surface area contributed by atoms with Crippen molar-refractivity contribution in [2.24, 2.45) is 0 Å². The zero-order valence-electron chi connectivity index (χ0n) is 13.0. The molecule has 1 N–H and O–H groups in total. The highest BCUT2D eigenvalue weighted by Gasteiger charge is 2.15. The highest BCUT2D eigenvalue weighted by molar-refractivity contribution is 5.48. The fraction of sp³-hybridized carbons (Fsp3) is 0.333. The Hall–Kier alpha value is -2.00. The van der Waals surface area contributed by atoms with Crippen molar-refractivity contribution in [3.05, 3.63) is 53.6 Å². The van der Waals surface area contributed by atoms with Gasteiger partial charge in [0, 0.05) is 0 Å². The molecule has 0 spiro atoms. The van der Waals surface area contributed by atoms with Crippen molar-refractivity contribution in [3.8, 4) is 17.2 Å². The van der Waals surface area contributed by atoms with Gasteiger partial charge in [0.1, 0.15) is 17.2 Å². The predicted molar refractivity (Wildman–Crippen MR) is 84.2 cm³/mol. The molecule has 0 radical (unpaired) electrons. The Balaban J connectivity index is 2.30. The van der Waals surface area contributed by atoms with Crippen LogP contribution >= 0.6 is 0 Å². The first kappa shape index (κ1) is 15.4. The summed E-state index contributed by atoms with van der Waals surface area (Å²) >= 11 is 0. The largest absolute Gasteiger partial charge is 0.496 e.